The van der Waals surface area contributed by atoms with Crippen LogP contribution in [0.15, 0.2) is 30.3 Å². The number of anilines is 1. The van der Waals surface area contributed by atoms with E-state index >= 15 is 0 Å². The fourth-order valence-corrected chi connectivity index (χ4v) is 3.47. The molecule has 104 valence electrons. The average Bonchev–Trinajstić information content (AvgIpc) is 3.24. The van der Waals surface area contributed by atoms with E-state index in [0.29, 0.717) is 11.7 Å². The molecule has 0 bridgehead atoms. The molecular formula is C16H18IN3. The molecule has 1 heterocycles. The van der Waals surface area contributed by atoms with Gasteiger partial charge in [-0.2, -0.15) is 0 Å². The van der Waals surface area contributed by atoms with Gasteiger partial charge in [-0.1, -0.05) is 44.2 Å². The molecule has 0 atom stereocenters. The van der Waals surface area contributed by atoms with Crippen molar-refractivity contribution in [2.24, 2.45) is 0 Å². The summed E-state index contributed by atoms with van der Waals surface area (Å²) in [7, 11) is 0. The Morgan fingerprint density at radius 3 is 2.35 bits per heavy atom. The molecule has 2 N–H and O–H groups in total. The van der Waals surface area contributed by atoms with E-state index in [1.54, 1.807) is 0 Å². The summed E-state index contributed by atoms with van der Waals surface area (Å²) < 4.78 is 0.991. The molecule has 3 nitrogen and oxygen atoms in total. The van der Waals surface area contributed by atoms with Crippen molar-refractivity contribution in [2.75, 3.05) is 5.73 Å². The minimum Gasteiger partial charge on any atom is -0.383 e. The van der Waals surface area contributed by atoms with Gasteiger partial charge in [0.1, 0.15) is 11.6 Å². The first-order chi connectivity index (χ1) is 9.54. The van der Waals surface area contributed by atoms with E-state index in [1.165, 1.54) is 5.56 Å². The zero-order valence-corrected chi connectivity index (χ0v) is 13.9. The molecule has 1 aromatic heterocycles. The second-order valence-electron chi connectivity index (χ2n) is 5.73. The van der Waals surface area contributed by atoms with Crippen LogP contribution in [0, 0.1) is 3.57 Å². The summed E-state index contributed by atoms with van der Waals surface area (Å²) >= 11 is 2.25. The highest BCUT2D eigenvalue weighted by molar-refractivity contribution is 14.1. The normalized spacial score (nSPS) is 16.4. The maximum Gasteiger partial charge on any atom is 0.141 e. The molecule has 1 aliphatic carbocycles. The molecule has 0 spiro atoms. The Balaban J connectivity index is 2.12. The predicted molar refractivity (Wildman–Crippen MR) is 89.7 cm³/mol. The summed E-state index contributed by atoms with van der Waals surface area (Å²) in [6.45, 7) is 4.30. The molecule has 0 saturated heterocycles. The molecule has 1 aromatic carbocycles. The summed E-state index contributed by atoms with van der Waals surface area (Å²) in [6.07, 6.45) is 2.21. The maximum absolute atomic E-state index is 6.10. The molecule has 1 saturated carbocycles. The lowest BCUT2D eigenvalue weighted by atomic mass is 9.94. The van der Waals surface area contributed by atoms with Gasteiger partial charge in [0.15, 0.2) is 0 Å². The summed E-state index contributed by atoms with van der Waals surface area (Å²) in [5.74, 6) is 1.87. The molecule has 0 aliphatic heterocycles. The molecule has 1 aliphatic rings. The quantitative estimate of drug-likeness (QED) is 0.824. The molecule has 0 amide bonds. The van der Waals surface area contributed by atoms with Gasteiger partial charge in [-0.05, 0) is 46.9 Å². The maximum atomic E-state index is 6.10. The van der Waals surface area contributed by atoms with Crippen LogP contribution in [0.2, 0.25) is 0 Å². The topological polar surface area (TPSA) is 51.8 Å². The predicted octanol–water partition coefficient (Wildman–Crippen LogP) is 3.87. The van der Waals surface area contributed by atoms with Gasteiger partial charge in [0.05, 0.1) is 14.7 Å². The molecule has 1 fully saturated rings. The minimum atomic E-state index is -0.0106. The van der Waals surface area contributed by atoms with Crippen LogP contribution in [0.1, 0.15) is 49.7 Å². The van der Waals surface area contributed by atoms with E-state index in [-0.39, 0.29) is 5.41 Å². The lowest BCUT2D eigenvalue weighted by molar-refractivity contribution is 0.714. The SMILES string of the molecule is CC(C)c1nc(C2(c3ccccc3)CC2)nc(N)c1I. The molecule has 4 heteroatoms. The zero-order chi connectivity index (χ0) is 14.3. The highest BCUT2D eigenvalue weighted by atomic mass is 127. The Morgan fingerprint density at radius 2 is 1.80 bits per heavy atom. The molecule has 3 rings (SSSR count). The van der Waals surface area contributed by atoms with Crippen LogP contribution in [0.3, 0.4) is 0 Å². The standard InChI is InChI=1S/C16H18IN3/c1-10(2)13-12(17)14(18)20-15(19-13)16(8-9-16)11-6-4-3-5-7-11/h3-7,10H,8-9H2,1-2H3,(H2,18,19,20). The van der Waals surface area contributed by atoms with Crippen LogP contribution in [-0.2, 0) is 5.41 Å². The van der Waals surface area contributed by atoms with Crippen LogP contribution >= 0.6 is 22.6 Å². The van der Waals surface area contributed by atoms with Crippen LogP contribution < -0.4 is 5.73 Å². The highest BCUT2D eigenvalue weighted by Crippen LogP contribution is 2.52. The lowest BCUT2D eigenvalue weighted by Gasteiger charge is -2.18. The molecule has 2 aromatic rings. The van der Waals surface area contributed by atoms with Crippen molar-refractivity contribution in [3.8, 4) is 0 Å². The van der Waals surface area contributed by atoms with Gasteiger partial charge in [-0.25, -0.2) is 9.97 Å². The Hall–Kier alpha value is -1.17. The van der Waals surface area contributed by atoms with Gasteiger partial charge in [0.25, 0.3) is 0 Å². The van der Waals surface area contributed by atoms with E-state index in [0.717, 1.165) is 27.9 Å². The number of nitrogen functional groups attached to an aromatic ring is 1. The Kier molecular flexibility index (Phi) is 3.44. The van der Waals surface area contributed by atoms with E-state index in [2.05, 4.69) is 65.7 Å². The summed E-state index contributed by atoms with van der Waals surface area (Å²) in [5.41, 5.74) is 8.46. The van der Waals surface area contributed by atoms with Crippen LogP contribution in [-0.4, -0.2) is 9.97 Å². The van der Waals surface area contributed by atoms with E-state index in [1.807, 2.05) is 6.07 Å². The number of hydrogen-bond acceptors (Lipinski definition) is 3. The van der Waals surface area contributed by atoms with Crippen LogP contribution in [0.4, 0.5) is 5.82 Å². The average molecular weight is 379 g/mol. The van der Waals surface area contributed by atoms with Crippen molar-refractivity contribution in [1.29, 1.82) is 0 Å². The zero-order valence-electron chi connectivity index (χ0n) is 11.7. The van der Waals surface area contributed by atoms with E-state index in [9.17, 15) is 0 Å². The van der Waals surface area contributed by atoms with E-state index < -0.39 is 0 Å². The summed E-state index contributed by atoms with van der Waals surface area (Å²) in [5, 5.41) is 0. The number of nitrogens with two attached hydrogens (primary N) is 1. The van der Waals surface area contributed by atoms with Crippen molar-refractivity contribution in [1.82, 2.24) is 9.97 Å². The number of hydrogen-bond donors (Lipinski definition) is 1. The van der Waals surface area contributed by atoms with Gasteiger partial charge in [0, 0.05) is 0 Å². The monoisotopic (exact) mass is 379 g/mol. The first-order valence-corrected chi connectivity index (χ1v) is 8.01. The third kappa shape index (κ3) is 2.20. The van der Waals surface area contributed by atoms with Crippen molar-refractivity contribution in [3.63, 3.8) is 0 Å². The molecule has 0 radical (unpaired) electrons. The van der Waals surface area contributed by atoms with Crippen molar-refractivity contribution in [2.45, 2.75) is 38.0 Å². The van der Waals surface area contributed by atoms with Gasteiger partial charge < -0.3 is 5.73 Å². The Bertz CT molecular complexity index is 634. The van der Waals surface area contributed by atoms with Gasteiger partial charge in [-0.3, -0.25) is 0 Å². The molecule has 20 heavy (non-hydrogen) atoms. The molecule has 0 unspecified atom stereocenters. The second kappa shape index (κ2) is 4.98. The number of benzene rings is 1. The largest absolute Gasteiger partial charge is 0.383 e. The molecular weight excluding hydrogens is 361 g/mol. The second-order valence-corrected chi connectivity index (χ2v) is 6.81. The van der Waals surface area contributed by atoms with Gasteiger partial charge in [-0.15, -0.1) is 0 Å². The number of aromatic nitrogens is 2. The van der Waals surface area contributed by atoms with E-state index in [4.69, 9.17) is 10.7 Å². The smallest absolute Gasteiger partial charge is 0.141 e. The van der Waals surface area contributed by atoms with Crippen molar-refractivity contribution >= 4 is 28.4 Å². The van der Waals surface area contributed by atoms with Crippen LogP contribution in [0.5, 0.6) is 0 Å². The fraction of sp³-hybridized carbons (Fsp3) is 0.375. The van der Waals surface area contributed by atoms with Crippen LogP contribution in [0.25, 0.3) is 0 Å². The van der Waals surface area contributed by atoms with Gasteiger partial charge >= 0.3 is 0 Å². The third-order valence-corrected chi connectivity index (χ3v) is 5.06. The lowest BCUT2D eigenvalue weighted by Crippen LogP contribution is -2.17. The number of halogens is 1. The third-order valence-electron chi connectivity index (χ3n) is 3.95. The van der Waals surface area contributed by atoms with Crippen molar-refractivity contribution in [3.05, 3.63) is 51.0 Å². The fourth-order valence-electron chi connectivity index (χ4n) is 2.60. The Morgan fingerprint density at radius 1 is 1.15 bits per heavy atom. The first-order valence-electron chi connectivity index (χ1n) is 6.93. The minimum absolute atomic E-state index is 0.0106. The van der Waals surface area contributed by atoms with Crippen molar-refractivity contribution < 1.29 is 0 Å². The summed E-state index contributed by atoms with van der Waals surface area (Å²) in [4.78, 5) is 9.43. The highest BCUT2D eigenvalue weighted by Gasteiger charge is 2.49. The first kappa shape index (κ1) is 13.8. The van der Waals surface area contributed by atoms with Gasteiger partial charge in [0.2, 0.25) is 0 Å². The number of nitrogens with zero attached hydrogens (tertiary/aromatic N) is 2. The summed E-state index contributed by atoms with van der Waals surface area (Å²) in [6, 6.07) is 10.5. The Labute approximate surface area is 133 Å². The number of rotatable bonds is 3.